The quantitative estimate of drug-likeness (QED) is 0.343. The molecule has 0 atom stereocenters. The van der Waals surface area contributed by atoms with Crippen molar-refractivity contribution < 1.29 is 4.79 Å². The van der Waals surface area contributed by atoms with Crippen LogP contribution in [0, 0.1) is 11.7 Å². The Kier molecular flexibility index (Phi) is 6.60. The molecule has 0 spiro atoms. The Hall–Kier alpha value is -2.81. The predicted molar refractivity (Wildman–Crippen MR) is 127 cm³/mol. The molecule has 6 nitrogen and oxygen atoms in total. The minimum atomic E-state index is -0.124. The summed E-state index contributed by atoms with van der Waals surface area (Å²) >= 11 is 12.9. The number of carbonyl (C=O) groups excluding carboxylic acids is 1. The van der Waals surface area contributed by atoms with E-state index in [-0.39, 0.29) is 12.3 Å². The van der Waals surface area contributed by atoms with Gasteiger partial charge in [0.05, 0.1) is 0 Å². The second kappa shape index (κ2) is 9.55. The lowest BCUT2D eigenvalue weighted by Gasteiger charge is -2.07. The Bertz CT molecular complexity index is 1260. The number of hydrogen-bond donors (Lipinski definition) is 2. The first kappa shape index (κ1) is 21.4. The number of amides is 1. The molecule has 2 aromatic heterocycles. The van der Waals surface area contributed by atoms with E-state index in [1.54, 1.807) is 6.20 Å². The van der Waals surface area contributed by atoms with E-state index >= 15 is 0 Å². The number of anilines is 1. The first-order valence-electron chi connectivity index (χ1n) is 9.69. The molecule has 4 aromatic rings. The highest BCUT2D eigenvalue weighted by molar-refractivity contribution is 7.71. The zero-order valence-electron chi connectivity index (χ0n) is 16.8. The lowest BCUT2D eigenvalue weighted by Crippen LogP contribution is -2.15. The van der Waals surface area contributed by atoms with Gasteiger partial charge in [0.2, 0.25) is 5.91 Å². The molecule has 4 rings (SSSR count). The number of benzene rings is 2. The standard InChI is InChI=1S/C22H20ClN5OS2/c1-14-5-7-16(8-6-14)20-26-27-22(30)28(20)10-9-19(29)25-21-24-13-18(31-21)12-15-3-2-4-17(23)11-15/h2-8,11,13H,9-10,12H2,1H3,(H,27,30)(H,24,25,29). The van der Waals surface area contributed by atoms with Crippen LogP contribution in [0.3, 0.4) is 0 Å². The molecule has 2 heterocycles. The SMILES string of the molecule is Cc1ccc(-c2n[nH]c(=S)n2CCC(=O)Nc2ncc(Cc3cccc(Cl)c3)s2)cc1. The fourth-order valence-electron chi connectivity index (χ4n) is 3.14. The maximum Gasteiger partial charge on any atom is 0.227 e. The van der Waals surface area contributed by atoms with E-state index in [1.165, 1.54) is 16.9 Å². The summed E-state index contributed by atoms with van der Waals surface area (Å²) in [5, 5.41) is 11.3. The lowest BCUT2D eigenvalue weighted by molar-refractivity contribution is -0.116. The van der Waals surface area contributed by atoms with Gasteiger partial charge in [-0.25, -0.2) is 4.98 Å². The van der Waals surface area contributed by atoms with Crippen LogP contribution in [0.5, 0.6) is 0 Å². The van der Waals surface area contributed by atoms with Crippen molar-refractivity contribution in [1.29, 1.82) is 0 Å². The Morgan fingerprint density at radius 3 is 2.84 bits per heavy atom. The van der Waals surface area contributed by atoms with E-state index in [2.05, 4.69) is 20.5 Å². The Labute approximate surface area is 193 Å². The third-order valence-electron chi connectivity index (χ3n) is 4.70. The van der Waals surface area contributed by atoms with Gasteiger partial charge in [-0.2, -0.15) is 5.10 Å². The molecule has 0 saturated heterocycles. The zero-order valence-corrected chi connectivity index (χ0v) is 19.2. The highest BCUT2D eigenvalue weighted by atomic mass is 35.5. The average molecular weight is 470 g/mol. The highest BCUT2D eigenvalue weighted by Gasteiger charge is 2.12. The highest BCUT2D eigenvalue weighted by Crippen LogP contribution is 2.23. The van der Waals surface area contributed by atoms with Gasteiger partial charge < -0.3 is 5.32 Å². The van der Waals surface area contributed by atoms with Crippen LogP contribution in [0.2, 0.25) is 5.02 Å². The van der Waals surface area contributed by atoms with Crippen LogP contribution in [-0.4, -0.2) is 25.7 Å². The van der Waals surface area contributed by atoms with Gasteiger partial charge in [-0.05, 0) is 36.8 Å². The third kappa shape index (κ3) is 5.46. The number of thiazole rings is 1. The molecule has 0 saturated carbocycles. The first-order valence-corrected chi connectivity index (χ1v) is 11.3. The molecule has 0 bridgehead atoms. The lowest BCUT2D eigenvalue weighted by atomic mass is 10.1. The topological polar surface area (TPSA) is 75.6 Å². The Morgan fingerprint density at radius 2 is 2.06 bits per heavy atom. The van der Waals surface area contributed by atoms with Crippen LogP contribution >= 0.6 is 35.2 Å². The third-order valence-corrected chi connectivity index (χ3v) is 6.16. The molecule has 0 unspecified atom stereocenters. The molecule has 2 aromatic carbocycles. The van der Waals surface area contributed by atoms with E-state index in [4.69, 9.17) is 23.8 Å². The molecular formula is C22H20ClN5OS2. The van der Waals surface area contributed by atoms with Crippen molar-refractivity contribution in [2.75, 3.05) is 5.32 Å². The summed E-state index contributed by atoms with van der Waals surface area (Å²) < 4.78 is 2.33. The van der Waals surface area contributed by atoms with Crippen molar-refractivity contribution in [3.8, 4) is 11.4 Å². The largest absolute Gasteiger partial charge is 0.302 e. The second-order valence-electron chi connectivity index (χ2n) is 7.11. The maximum absolute atomic E-state index is 12.5. The van der Waals surface area contributed by atoms with Crippen LogP contribution in [0.1, 0.15) is 22.4 Å². The van der Waals surface area contributed by atoms with E-state index in [0.29, 0.717) is 21.5 Å². The summed E-state index contributed by atoms with van der Waals surface area (Å²) in [6, 6.07) is 15.7. The number of aromatic amines is 1. The van der Waals surface area contributed by atoms with Crippen LogP contribution in [0.15, 0.2) is 54.7 Å². The second-order valence-corrected chi connectivity index (χ2v) is 9.04. The summed E-state index contributed by atoms with van der Waals surface area (Å²) in [6.07, 6.45) is 2.76. The van der Waals surface area contributed by atoms with Crippen molar-refractivity contribution in [2.24, 2.45) is 0 Å². The molecule has 0 aliphatic carbocycles. The van der Waals surface area contributed by atoms with Crippen molar-refractivity contribution in [1.82, 2.24) is 19.7 Å². The number of H-pyrrole nitrogens is 1. The molecular weight excluding hydrogens is 450 g/mol. The number of nitrogens with zero attached hydrogens (tertiary/aromatic N) is 3. The molecule has 2 N–H and O–H groups in total. The van der Waals surface area contributed by atoms with Crippen molar-refractivity contribution in [3.63, 3.8) is 0 Å². The fraction of sp³-hybridized carbons (Fsp3) is 0.182. The van der Waals surface area contributed by atoms with Crippen molar-refractivity contribution in [3.05, 3.63) is 80.5 Å². The summed E-state index contributed by atoms with van der Waals surface area (Å²) in [6.45, 7) is 2.45. The van der Waals surface area contributed by atoms with E-state index in [1.807, 2.05) is 60.0 Å². The maximum atomic E-state index is 12.5. The zero-order chi connectivity index (χ0) is 21.8. The summed E-state index contributed by atoms with van der Waals surface area (Å²) in [5.74, 6) is 0.595. The molecule has 0 radical (unpaired) electrons. The molecule has 9 heteroatoms. The van der Waals surface area contributed by atoms with Gasteiger partial charge in [0.15, 0.2) is 15.7 Å². The number of halogens is 1. The number of aryl methyl sites for hydroxylation is 1. The minimum absolute atomic E-state index is 0.124. The van der Waals surface area contributed by atoms with Crippen LogP contribution in [-0.2, 0) is 17.8 Å². The molecule has 31 heavy (non-hydrogen) atoms. The number of aromatic nitrogens is 4. The van der Waals surface area contributed by atoms with Gasteiger partial charge in [-0.15, -0.1) is 11.3 Å². The van der Waals surface area contributed by atoms with Crippen LogP contribution in [0.4, 0.5) is 5.13 Å². The monoisotopic (exact) mass is 469 g/mol. The van der Waals surface area contributed by atoms with Gasteiger partial charge in [0.25, 0.3) is 0 Å². The van der Waals surface area contributed by atoms with Gasteiger partial charge in [0, 0.05) is 41.0 Å². The molecule has 0 fully saturated rings. The molecule has 0 aliphatic heterocycles. The molecule has 158 valence electrons. The minimum Gasteiger partial charge on any atom is -0.302 e. The first-order chi connectivity index (χ1) is 15.0. The smallest absolute Gasteiger partial charge is 0.227 e. The van der Waals surface area contributed by atoms with E-state index < -0.39 is 0 Å². The Balaban J connectivity index is 1.37. The molecule has 1 amide bonds. The average Bonchev–Trinajstić information content (AvgIpc) is 3.33. The summed E-state index contributed by atoms with van der Waals surface area (Å²) in [4.78, 5) is 17.9. The number of hydrogen-bond acceptors (Lipinski definition) is 5. The van der Waals surface area contributed by atoms with E-state index in [0.717, 1.165) is 28.2 Å². The van der Waals surface area contributed by atoms with Gasteiger partial charge in [-0.3, -0.25) is 14.5 Å². The summed E-state index contributed by atoms with van der Waals surface area (Å²) in [7, 11) is 0. The van der Waals surface area contributed by atoms with Crippen LogP contribution < -0.4 is 5.32 Å². The van der Waals surface area contributed by atoms with Gasteiger partial charge >= 0.3 is 0 Å². The summed E-state index contributed by atoms with van der Waals surface area (Å²) in [5.41, 5.74) is 3.22. The predicted octanol–water partition coefficient (Wildman–Crippen LogP) is 5.65. The van der Waals surface area contributed by atoms with E-state index in [9.17, 15) is 4.79 Å². The van der Waals surface area contributed by atoms with Crippen molar-refractivity contribution in [2.45, 2.75) is 26.3 Å². The van der Waals surface area contributed by atoms with Crippen molar-refractivity contribution >= 4 is 46.2 Å². The Morgan fingerprint density at radius 1 is 1.26 bits per heavy atom. The van der Waals surface area contributed by atoms with Crippen LogP contribution in [0.25, 0.3) is 11.4 Å². The number of rotatable bonds is 7. The van der Waals surface area contributed by atoms with Gasteiger partial charge in [-0.1, -0.05) is 53.6 Å². The normalized spacial score (nSPS) is 10.9. The number of carbonyl (C=O) groups is 1. The molecule has 0 aliphatic rings. The number of nitrogens with one attached hydrogen (secondary N) is 2. The fourth-order valence-corrected chi connectivity index (χ4v) is 4.44. The van der Waals surface area contributed by atoms with Gasteiger partial charge in [0.1, 0.15) is 0 Å².